The van der Waals surface area contributed by atoms with E-state index in [0.29, 0.717) is 35.6 Å². The second-order valence-electron chi connectivity index (χ2n) is 11.3. The number of pyridine rings is 2. The number of piperazine rings is 1. The molecule has 0 saturated carbocycles. The van der Waals surface area contributed by atoms with Gasteiger partial charge in [0.1, 0.15) is 11.6 Å². The fourth-order valence-electron chi connectivity index (χ4n) is 6.42. The van der Waals surface area contributed by atoms with Gasteiger partial charge in [-0.1, -0.05) is 44.2 Å². The van der Waals surface area contributed by atoms with Crippen LogP contribution in [0.15, 0.2) is 60.0 Å². The minimum Gasteiger partial charge on any atom is -0.352 e. The fourth-order valence-corrected chi connectivity index (χ4v) is 6.67. The molecular formula is C32H32ClFN6O2. The van der Waals surface area contributed by atoms with Crippen molar-refractivity contribution in [2.24, 2.45) is 0 Å². The summed E-state index contributed by atoms with van der Waals surface area (Å²) in [5.74, 6) is -0.0820. The van der Waals surface area contributed by atoms with Gasteiger partial charge in [0.2, 0.25) is 5.91 Å². The molecule has 2 atom stereocenters. The molecule has 216 valence electrons. The van der Waals surface area contributed by atoms with Crippen molar-refractivity contribution in [2.75, 3.05) is 18.0 Å². The number of aromatic nitrogens is 4. The lowest BCUT2D eigenvalue weighted by Crippen LogP contribution is -2.62. The summed E-state index contributed by atoms with van der Waals surface area (Å²) in [5, 5.41) is 0.813. The van der Waals surface area contributed by atoms with Crippen LogP contribution in [-0.4, -0.2) is 55.5 Å². The van der Waals surface area contributed by atoms with Crippen molar-refractivity contribution >= 4 is 34.4 Å². The van der Waals surface area contributed by atoms with Gasteiger partial charge in [0.15, 0.2) is 5.65 Å². The number of fused-ring (bicyclic) bond motifs is 3. The summed E-state index contributed by atoms with van der Waals surface area (Å²) in [6.07, 6.45) is 5.82. The number of amides is 1. The number of carbonyl (C=O) groups is 1. The summed E-state index contributed by atoms with van der Waals surface area (Å²) < 4.78 is 16.5. The number of rotatable bonds is 5. The van der Waals surface area contributed by atoms with Crippen LogP contribution in [0.4, 0.5) is 10.2 Å². The van der Waals surface area contributed by atoms with E-state index in [-0.39, 0.29) is 40.2 Å². The molecule has 3 aromatic heterocycles. The van der Waals surface area contributed by atoms with Crippen LogP contribution < -0.4 is 10.6 Å². The van der Waals surface area contributed by atoms with Gasteiger partial charge in [-0.15, -0.1) is 0 Å². The molecule has 42 heavy (non-hydrogen) atoms. The van der Waals surface area contributed by atoms with Crippen LogP contribution in [0.25, 0.3) is 28.0 Å². The van der Waals surface area contributed by atoms with Crippen molar-refractivity contribution in [3.8, 4) is 16.9 Å². The van der Waals surface area contributed by atoms with E-state index in [1.807, 2.05) is 31.7 Å². The van der Waals surface area contributed by atoms with Crippen molar-refractivity contribution in [1.29, 1.82) is 0 Å². The third-order valence-electron chi connectivity index (χ3n) is 8.31. The molecule has 2 bridgehead atoms. The van der Waals surface area contributed by atoms with Gasteiger partial charge in [-0.05, 0) is 68.0 Å². The van der Waals surface area contributed by atoms with Crippen molar-refractivity contribution < 1.29 is 9.18 Å². The molecule has 0 spiro atoms. The molecule has 8 nitrogen and oxygen atoms in total. The number of carbonyl (C=O) groups excluding carboxylic acids is 1. The minimum absolute atomic E-state index is 0.00899. The number of hydrogen-bond acceptors (Lipinski definition) is 6. The summed E-state index contributed by atoms with van der Waals surface area (Å²) in [7, 11) is 0. The van der Waals surface area contributed by atoms with E-state index in [2.05, 4.69) is 21.4 Å². The third kappa shape index (κ3) is 4.65. The molecule has 4 aromatic rings. The van der Waals surface area contributed by atoms with Gasteiger partial charge in [-0.2, -0.15) is 4.98 Å². The topological polar surface area (TPSA) is 84.2 Å². The molecule has 5 heterocycles. The maximum atomic E-state index is 15.0. The molecule has 2 aliphatic heterocycles. The van der Waals surface area contributed by atoms with Crippen molar-refractivity contribution in [1.82, 2.24) is 24.4 Å². The van der Waals surface area contributed by atoms with E-state index in [0.717, 1.165) is 30.5 Å². The zero-order valence-corrected chi connectivity index (χ0v) is 24.6. The number of aryl methyl sites for hydroxylation is 1. The standard InChI is InChI=1S/C32H32ClFN6O2/c1-5-26(41)39-20-9-8-10-21(39)17-38(16-20)30-23-15-24(33)28(22-11-6-7-12-25(22)34)36-31(23)40(32(42)37-30)29-19(4)13-14-35-27(29)18(2)3/h5-7,11-15,18,20-21H,1,8-10,16-17H2,2-4H3. The summed E-state index contributed by atoms with van der Waals surface area (Å²) >= 11 is 6.81. The lowest BCUT2D eigenvalue weighted by molar-refractivity contribution is -0.133. The summed E-state index contributed by atoms with van der Waals surface area (Å²) in [4.78, 5) is 44.9. The first-order valence-corrected chi connectivity index (χ1v) is 14.6. The Morgan fingerprint density at radius 1 is 1.14 bits per heavy atom. The highest BCUT2D eigenvalue weighted by Gasteiger charge is 2.40. The predicted molar refractivity (Wildman–Crippen MR) is 163 cm³/mol. The van der Waals surface area contributed by atoms with E-state index in [1.165, 1.54) is 16.7 Å². The third-order valence-corrected chi connectivity index (χ3v) is 8.60. The van der Waals surface area contributed by atoms with Gasteiger partial charge in [0.05, 0.1) is 27.5 Å². The molecule has 0 N–H and O–H groups in total. The average molecular weight is 587 g/mol. The number of piperidine rings is 1. The molecule has 2 fully saturated rings. The van der Waals surface area contributed by atoms with Crippen molar-refractivity contribution in [3.05, 3.63) is 87.8 Å². The second kappa shape index (κ2) is 10.9. The summed E-state index contributed by atoms with van der Waals surface area (Å²) in [6, 6.07) is 9.80. The monoisotopic (exact) mass is 586 g/mol. The molecule has 1 aromatic carbocycles. The highest BCUT2D eigenvalue weighted by molar-refractivity contribution is 6.33. The molecule has 2 saturated heterocycles. The van der Waals surface area contributed by atoms with Crippen LogP contribution >= 0.6 is 11.6 Å². The van der Waals surface area contributed by atoms with Crippen LogP contribution in [0.2, 0.25) is 5.02 Å². The Morgan fingerprint density at radius 2 is 1.86 bits per heavy atom. The smallest absolute Gasteiger partial charge is 0.352 e. The van der Waals surface area contributed by atoms with Gasteiger partial charge in [0.25, 0.3) is 0 Å². The Morgan fingerprint density at radius 3 is 2.52 bits per heavy atom. The van der Waals surface area contributed by atoms with E-state index in [9.17, 15) is 14.0 Å². The Balaban J connectivity index is 1.62. The maximum absolute atomic E-state index is 15.0. The zero-order chi connectivity index (χ0) is 29.7. The molecule has 2 unspecified atom stereocenters. The minimum atomic E-state index is -0.514. The lowest BCUT2D eigenvalue weighted by Gasteiger charge is -2.50. The van der Waals surface area contributed by atoms with Gasteiger partial charge in [-0.3, -0.25) is 9.78 Å². The molecule has 6 rings (SSSR count). The first-order valence-electron chi connectivity index (χ1n) is 14.2. The number of benzene rings is 1. The van der Waals surface area contributed by atoms with Gasteiger partial charge < -0.3 is 9.80 Å². The normalized spacial score (nSPS) is 18.5. The Kier molecular flexibility index (Phi) is 7.30. The van der Waals surface area contributed by atoms with E-state index in [1.54, 1.807) is 30.5 Å². The number of anilines is 1. The molecule has 2 aliphatic rings. The van der Waals surface area contributed by atoms with E-state index >= 15 is 0 Å². The molecule has 10 heteroatoms. The predicted octanol–water partition coefficient (Wildman–Crippen LogP) is 5.82. The summed E-state index contributed by atoms with van der Waals surface area (Å²) in [6.45, 7) is 10.7. The largest absolute Gasteiger partial charge is 0.355 e. The quantitative estimate of drug-likeness (QED) is 0.274. The van der Waals surface area contributed by atoms with E-state index < -0.39 is 11.5 Å². The van der Waals surface area contributed by atoms with Crippen LogP contribution in [0, 0.1) is 12.7 Å². The Labute approximate surface area is 248 Å². The lowest BCUT2D eigenvalue weighted by atomic mass is 9.91. The Bertz CT molecular complexity index is 1770. The van der Waals surface area contributed by atoms with Crippen LogP contribution in [0.5, 0.6) is 0 Å². The van der Waals surface area contributed by atoms with Gasteiger partial charge in [0, 0.05) is 36.9 Å². The SMILES string of the molecule is C=CC(=O)N1C2CCCC1CN(c1nc(=O)n(-c3c(C)ccnc3C(C)C)c3nc(-c4ccccc4F)c(Cl)cc13)C2. The number of hydrogen-bond donors (Lipinski definition) is 0. The van der Waals surface area contributed by atoms with Crippen LogP contribution in [0.1, 0.15) is 50.3 Å². The summed E-state index contributed by atoms with van der Waals surface area (Å²) in [5.41, 5.74) is 2.44. The van der Waals surface area contributed by atoms with E-state index in [4.69, 9.17) is 16.6 Å². The maximum Gasteiger partial charge on any atom is 0.355 e. The number of halogens is 2. The van der Waals surface area contributed by atoms with Gasteiger partial charge in [-0.25, -0.2) is 18.7 Å². The highest BCUT2D eigenvalue weighted by Crippen LogP contribution is 2.37. The van der Waals surface area contributed by atoms with Crippen LogP contribution in [-0.2, 0) is 4.79 Å². The average Bonchev–Trinajstić information content (AvgIpc) is 2.96. The van der Waals surface area contributed by atoms with Crippen molar-refractivity contribution in [2.45, 2.75) is 58.0 Å². The first kappa shape index (κ1) is 28.0. The molecular weight excluding hydrogens is 555 g/mol. The van der Waals surface area contributed by atoms with Crippen molar-refractivity contribution in [3.63, 3.8) is 0 Å². The fraction of sp³-hybridized carbons (Fsp3) is 0.344. The molecule has 0 aliphatic carbocycles. The van der Waals surface area contributed by atoms with Gasteiger partial charge >= 0.3 is 5.69 Å². The second-order valence-corrected chi connectivity index (χ2v) is 11.7. The zero-order valence-electron chi connectivity index (χ0n) is 23.8. The molecule has 0 radical (unpaired) electrons. The molecule has 1 amide bonds. The first-order chi connectivity index (χ1) is 20.2. The van der Waals surface area contributed by atoms with Crippen LogP contribution in [0.3, 0.4) is 0 Å². The Hall–Kier alpha value is -4.11. The number of nitrogens with zero attached hydrogens (tertiary/aromatic N) is 6. The highest BCUT2D eigenvalue weighted by atomic mass is 35.5.